The first kappa shape index (κ1) is 13.2. The molecule has 4 heteroatoms. The maximum absolute atomic E-state index is 14.1. The molecule has 0 amide bonds. The molecule has 0 aliphatic carbocycles. The highest BCUT2D eigenvalue weighted by atomic mass is 35.5. The molecule has 2 saturated heterocycles. The summed E-state index contributed by atoms with van der Waals surface area (Å²) in [5.74, 6) is 0.0203. The summed E-state index contributed by atoms with van der Waals surface area (Å²) in [4.78, 5) is 3.98. The number of hydrogen-bond acceptors (Lipinski definition) is 2. The summed E-state index contributed by atoms with van der Waals surface area (Å²) in [6.45, 7) is 0. The van der Waals surface area contributed by atoms with Gasteiger partial charge < -0.3 is 5.32 Å². The van der Waals surface area contributed by atoms with Gasteiger partial charge in [0.1, 0.15) is 0 Å². The summed E-state index contributed by atoms with van der Waals surface area (Å²) in [5.41, 5.74) is 2.45. The lowest BCUT2D eigenvalue weighted by Crippen LogP contribution is -2.21. The molecule has 108 valence electrons. The molecule has 2 bridgehead atoms. The van der Waals surface area contributed by atoms with Crippen LogP contribution in [0, 0.1) is 5.95 Å². The SMILES string of the molecule is Fc1ncc([C@H]2C[C@@H]3CC[C@H]2N3)cc1-c1cccc(Cl)c1. The van der Waals surface area contributed by atoms with Crippen molar-refractivity contribution in [2.75, 3.05) is 0 Å². The number of rotatable bonds is 2. The molecule has 2 aliphatic rings. The van der Waals surface area contributed by atoms with Crippen molar-refractivity contribution in [2.24, 2.45) is 0 Å². The first-order valence-corrected chi connectivity index (χ1v) is 7.76. The first-order valence-electron chi connectivity index (χ1n) is 7.38. The summed E-state index contributed by atoms with van der Waals surface area (Å²) >= 11 is 6.01. The maximum Gasteiger partial charge on any atom is 0.220 e. The standard InChI is InChI=1S/C17H16ClFN2/c18-12-3-1-2-10(6-12)15-7-11(9-20-17(15)19)14-8-13-4-5-16(14)21-13/h1-3,6-7,9,13-14,16,21H,4-5,8H2/t13-,14+,16+/m0/s1. The van der Waals surface area contributed by atoms with E-state index in [4.69, 9.17) is 11.6 Å². The fourth-order valence-corrected chi connectivity index (χ4v) is 3.91. The van der Waals surface area contributed by atoms with Crippen molar-refractivity contribution < 1.29 is 4.39 Å². The molecule has 0 saturated carbocycles. The van der Waals surface area contributed by atoms with Gasteiger partial charge in [-0.15, -0.1) is 0 Å². The summed E-state index contributed by atoms with van der Waals surface area (Å²) in [7, 11) is 0. The van der Waals surface area contributed by atoms with E-state index in [2.05, 4.69) is 10.3 Å². The van der Waals surface area contributed by atoms with Gasteiger partial charge in [-0.2, -0.15) is 4.39 Å². The molecule has 1 aromatic heterocycles. The summed E-state index contributed by atoms with van der Waals surface area (Å²) in [5, 5.41) is 4.23. The zero-order chi connectivity index (χ0) is 14.4. The second-order valence-corrected chi connectivity index (χ2v) is 6.44. The van der Waals surface area contributed by atoms with Crippen LogP contribution in [0.3, 0.4) is 0 Å². The average Bonchev–Trinajstić information content (AvgIpc) is 3.10. The summed E-state index contributed by atoms with van der Waals surface area (Å²) in [6.07, 6.45) is 5.29. The predicted molar refractivity (Wildman–Crippen MR) is 81.9 cm³/mol. The third-order valence-electron chi connectivity index (χ3n) is 4.72. The number of aromatic nitrogens is 1. The van der Waals surface area contributed by atoms with Gasteiger partial charge in [0, 0.05) is 34.8 Å². The number of nitrogens with zero attached hydrogens (tertiary/aromatic N) is 1. The topological polar surface area (TPSA) is 24.9 Å². The summed E-state index contributed by atoms with van der Waals surface area (Å²) in [6, 6.07) is 10.4. The molecule has 2 aliphatic heterocycles. The van der Waals surface area contributed by atoms with Gasteiger partial charge in [0.15, 0.2) is 0 Å². The van der Waals surface area contributed by atoms with Gasteiger partial charge in [0.2, 0.25) is 5.95 Å². The quantitative estimate of drug-likeness (QED) is 0.843. The number of halogens is 2. The molecule has 2 aromatic rings. The van der Waals surface area contributed by atoms with Gasteiger partial charge in [-0.3, -0.25) is 0 Å². The lowest BCUT2D eigenvalue weighted by atomic mass is 9.84. The molecule has 1 N–H and O–H groups in total. The van der Waals surface area contributed by atoms with Gasteiger partial charge in [0.25, 0.3) is 0 Å². The van der Waals surface area contributed by atoms with Crippen molar-refractivity contribution in [1.29, 1.82) is 0 Å². The Morgan fingerprint density at radius 2 is 2.14 bits per heavy atom. The van der Waals surface area contributed by atoms with Gasteiger partial charge >= 0.3 is 0 Å². The molecule has 1 aromatic carbocycles. The van der Waals surface area contributed by atoms with Crippen LogP contribution in [-0.4, -0.2) is 17.1 Å². The Hall–Kier alpha value is -1.45. The number of pyridine rings is 1. The van der Waals surface area contributed by atoms with Crippen molar-refractivity contribution in [1.82, 2.24) is 10.3 Å². The van der Waals surface area contributed by atoms with E-state index >= 15 is 0 Å². The van der Waals surface area contributed by atoms with Gasteiger partial charge in [0.05, 0.1) is 0 Å². The van der Waals surface area contributed by atoms with Crippen molar-refractivity contribution in [3.8, 4) is 11.1 Å². The highest BCUT2D eigenvalue weighted by Crippen LogP contribution is 2.40. The van der Waals surface area contributed by atoms with Crippen LogP contribution in [0.2, 0.25) is 5.02 Å². The molecule has 4 rings (SSSR count). The highest BCUT2D eigenvalue weighted by molar-refractivity contribution is 6.30. The van der Waals surface area contributed by atoms with Crippen LogP contribution < -0.4 is 5.32 Å². The number of nitrogens with one attached hydrogen (secondary N) is 1. The van der Waals surface area contributed by atoms with Gasteiger partial charge in [-0.05, 0) is 48.6 Å². The fraction of sp³-hybridized carbons (Fsp3) is 0.353. The van der Waals surface area contributed by atoms with Gasteiger partial charge in [-0.25, -0.2) is 4.98 Å². The molecular weight excluding hydrogens is 287 g/mol. The van der Waals surface area contributed by atoms with Crippen LogP contribution in [0.5, 0.6) is 0 Å². The minimum Gasteiger partial charge on any atom is -0.311 e. The van der Waals surface area contributed by atoms with E-state index in [9.17, 15) is 4.39 Å². The van der Waals surface area contributed by atoms with E-state index in [0.717, 1.165) is 17.5 Å². The number of fused-ring (bicyclic) bond motifs is 2. The van der Waals surface area contributed by atoms with Crippen LogP contribution in [0.15, 0.2) is 36.5 Å². The molecule has 0 spiro atoms. The molecule has 0 unspecified atom stereocenters. The molecule has 0 radical (unpaired) electrons. The Labute approximate surface area is 128 Å². The lowest BCUT2D eigenvalue weighted by Gasteiger charge is -2.20. The summed E-state index contributed by atoms with van der Waals surface area (Å²) < 4.78 is 14.1. The van der Waals surface area contributed by atoms with E-state index < -0.39 is 5.95 Å². The van der Waals surface area contributed by atoms with Gasteiger partial charge in [-0.1, -0.05) is 23.7 Å². The van der Waals surface area contributed by atoms with E-state index in [1.807, 2.05) is 18.2 Å². The van der Waals surface area contributed by atoms with Crippen molar-refractivity contribution in [2.45, 2.75) is 37.3 Å². The molecule has 2 nitrogen and oxygen atoms in total. The van der Waals surface area contributed by atoms with Crippen LogP contribution in [0.4, 0.5) is 4.39 Å². The zero-order valence-corrected chi connectivity index (χ0v) is 12.3. The normalized spacial score (nSPS) is 27.2. The van der Waals surface area contributed by atoms with Crippen LogP contribution >= 0.6 is 11.6 Å². The first-order chi connectivity index (χ1) is 10.2. The number of hydrogen-bond donors (Lipinski definition) is 1. The van der Waals surface area contributed by atoms with Crippen molar-refractivity contribution >= 4 is 11.6 Å². The van der Waals surface area contributed by atoms with E-state index in [-0.39, 0.29) is 0 Å². The molecule has 21 heavy (non-hydrogen) atoms. The Kier molecular flexibility index (Phi) is 3.20. The Morgan fingerprint density at radius 3 is 2.86 bits per heavy atom. The van der Waals surface area contributed by atoms with Crippen LogP contribution in [0.25, 0.3) is 11.1 Å². The molecule has 2 fully saturated rings. The largest absolute Gasteiger partial charge is 0.311 e. The van der Waals surface area contributed by atoms with E-state index in [1.54, 1.807) is 18.3 Å². The monoisotopic (exact) mass is 302 g/mol. The third-order valence-corrected chi connectivity index (χ3v) is 4.96. The Balaban J connectivity index is 1.73. The number of benzene rings is 1. The second kappa shape index (κ2) is 5.08. The smallest absolute Gasteiger partial charge is 0.220 e. The van der Waals surface area contributed by atoms with E-state index in [0.29, 0.717) is 28.6 Å². The van der Waals surface area contributed by atoms with Crippen molar-refractivity contribution in [3.63, 3.8) is 0 Å². The molecule has 3 heterocycles. The highest BCUT2D eigenvalue weighted by Gasteiger charge is 2.39. The second-order valence-electron chi connectivity index (χ2n) is 6.01. The zero-order valence-electron chi connectivity index (χ0n) is 11.5. The van der Waals surface area contributed by atoms with Crippen LogP contribution in [0.1, 0.15) is 30.7 Å². The lowest BCUT2D eigenvalue weighted by molar-refractivity contribution is 0.502. The van der Waals surface area contributed by atoms with E-state index in [1.165, 1.54) is 12.8 Å². The Bertz CT molecular complexity index is 688. The third kappa shape index (κ3) is 2.34. The minimum absolute atomic E-state index is 0.433. The van der Waals surface area contributed by atoms with Crippen molar-refractivity contribution in [3.05, 3.63) is 53.1 Å². The average molecular weight is 303 g/mol. The Morgan fingerprint density at radius 1 is 1.24 bits per heavy atom. The maximum atomic E-state index is 14.1. The molecule has 3 atom stereocenters. The van der Waals surface area contributed by atoms with Crippen LogP contribution in [-0.2, 0) is 0 Å². The minimum atomic E-state index is -0.433. The fourth-order valence-electron chi connectivity index (χ4n) is 3.72. The predicted octanol–water partition coefficient (Wildman–Crippen LogP) is 4.15. The molecular formula is C17H16ClFN2.